The summed E-state index contributed by atoms with van der Waals surface area (Å²) >= 11 is 0. The molecule has 2 N–H and O–H groups in total. The van der Waals surface area contributed by atoms with E-state index in [0.717, 1.165) is 18.4 Å². The molecule has 21 heavy (non-hydrogen) atoms. The minimum absolute atomic E-state index is 0.126. The average molecular weight is 283 g/mol. The summed E-state index contributed by atoms with van der Waals surface area (Å²) in [4.78, 5) is 19.9. The number of rotatable bonds is 4. The van der Waals surface area contributed by atoms with E-state index in [1.165, 1.54) is 19.0 Å². The van der Waals surface area contributed by atoms with Gasteiger partial charge in [-0.15, -0.1) is 0 Å². The van der Waals surface area contributed by atoms with Crippen molar-refractivity contribution in [2.45, 2.75) is 31.7 Å². The Morgan fingerprint density at radius 1 is 1.19 bits per heavy atom. The summed E-state index contributed by atoms with van der Waals surface area (Å²) in [6.07, 6.45) is 5.86. The van der Waals surface area contributed by atoms with Gasteiger partial charge < -0.3 is 10.4 Å². The van der Waals surface area contributed by atoms with Gasteiger partial charge in [-0.25, -0.2) is 14.8 Å². The quantitative estimate of drug-likeness (QED) is 0.901. The highest BCUT2D eigenvalue weighted by Crippen LogP contribution is 2.25. The fourth-order valence-corrected chi connectivity index (χ4v) is 2.64. The number of carboxylic acid groups (broad SMARTS) is 1. The first-order valence-electron chi connectivity index (χ1n) is 7.16. The molecular weight excluding hydrogens is 266 g/mol. The lowest BCUT2D eigenvalue weighted by molar-refractivity contribution is 0.0697. The molecule has 0 bridgehead atoms. The highest BCUT2D eigenvalue weighted by molar-refractivity contribution is 5.93. The first-order valence-corrected chi connectivity index (χ1v) is 7.16. The van der Waals surface area contributed by atoms with E-state index in [9.17, 15) is 9.90 Å². The summed E-state index contributed by atoms with van der Waals surface area (Å²) < 4.78 is 0. The zero-order valence-corrected chi connectivity index (χ0v) is 11.6. The van der Waals surface area contributed by atoms with Gasteiger partial charge in [0.15, 0.2) is 5.82 Å². The number of hydrogen-bond donors (Lipinski definition) is 2. The van der Waals surface area contributed by atoms with Crippen molar-refractivity contribution in [2.24, 2.45) is 0 Å². The van der Waals surface area contributed by atoms with Crippen LogP contribution in [-0.4, -0.2) is 27.1 Å². The fraction of sp³-hybridized carbons (Fsp3) is 0.312. The zero-order chi connectivity index (χ0) is 14.7. The van der Waals surface area contributed by atoms with Crippen LogP contribution in [0, 0.1) is 0 Å². The maximum atomic E-state index is 11.3. The molecule has 0 amide bonds. The molecule has 0 radical (unpaired) electrons. The predicted molar refractivity (Wildman–Crippen MR) is 80.3 cm³/mol. The van der Waals surface area contributed by atoms with Crippen LogP contribution >= 0.6 is 0 Å². The van der Waals surface area contributed by atoms with E-state index in [1.54, 1.807) is 0 Å². The van der Waals surface area contributed by atoms with Crippen molar-refractivity contribution in [1.29, 1.82) is 0 Å². The van der Waals surface area contributed by atoms with Crippen LogP contribution in [0.3, 0.4) is 0 Å². The number of benzene rings is 1. The molecule has 0 unspecified atom stereocenters. The molecule has 1 aliphatic carbocycles. The number of aromatic nitrogens is 2. The fourth-order valence-electron chi connectivity index (χ4n) is 2.64. The van der Waals surface area contributed by atoms with Gasteiger partial charge in [0.2, 0.25) is 0 Å². The van der Waals surface area contributed by atoms with Crippen molar-refractivity contribution in [2.75, 3.05) is 5.32 Å². The number of aromatic carboxylic acids is 1. The van der Waals surface area contributed by atoms with Crippen LogP contribution in [0.25, 0.3) is 11.4 Å². The average Bonchev–Trinajstić information content (AvgIpc) is 3.01. The molecule has 1 aromatic heterocycles. The van der Waals surface area contributed by atoms with Gasteiger partial charge in [0, 0.05) is 17.8 Å². The number of nitrogens with zero attached hydrogens (tertiary/aromatic N) is 2. The van der Waals surface area contributed by atoms with E-state index in [4.69, 9.17) is 0 Å². The Kier molecular flexibility index (Phi) is 3.81. The van der Waals surface area contributed by atoms with Gasteiger partial charge in [0.25, 0.3) is 0 Å². The van der Waals surface area contributed by atoms with Crippen LogP contribution in [0.5, 0.6) is 0 Å². The third-order valence-corrected chi connectivity index (χ3v) is 3.75. The lowest BCUT2D eigenvalue weighted by atomic mass is 10.2. The van der Waals surface area contributed by atoms with Crippen LogP contribution in [0.4, 0.5) is 5.82 Å². The molecule has 1 aromatic carbocycles. The van der Waals surface area contributed by atoms with E-state index in [0.29, 0.717) is 17.7 Å². The molecule has 0 spiro atoms. The second kappa shape index (κ2) is 5.91. The van der Waals surface area contributed by atoms with Crippen molar-refractivity contribution in [3.63, 3.8) is 0 Å². The normalized spacial score (nSPS) is 15.0. The maximum Gasteiger partial charge on any atom is 0.341 e. The number of hydrogen-bond acceptors (Lipinski definition) is 4. The summed E-state index contributed by atoms with van der Waals surface area (Å²) in [6, 6.07) is 9.88. The molecule has 2 aromatic rings. The molecule has 5 nitrogen and oxygen atoms in total. The lowest BCUT2D eigenvalue weighted by Gasteiger charge is -2.15. The van der Waals surface area contributed by atoms with Crippen molar-refractivity contribution < 1.29 is 9.90 Å². The van der Waals surface area contributed by atoms with Crippen LogP contribution in [0.15, 0.2) is 36.5 Å². The van der Waals surface area contributed by atoms with E-state index >= 15 is 0 Å². The highest BCUT2D eigenvalue weighted by Gasteiger charge is 2.20. The third-order valence-electron chi connectivity index (χ3n) is 3.75. The lowest BCUT2D eigenvalue weighted by Crippen LogP contribution is -2.19. The molecular formula is C16H17N3O2. The van der Waals surface area contributed by atoms with Crippen LogP contribution in [0.1, 0.15) is 36.0 Å². The van der Waals surface area contributed by atoms with Gasteiger partial charge in [0.05, 0.1) is 0 Å². The summed E-state index contributed by atoms with van der Waals surface area (Å²) in [5.74, 6) is -0.0422. The molecule has 1 saturated carbocycles. The summed E-state index contributed by atoms with van der Waals surface area (Å²) in [7, 11) is 0. The molecule has 0 atom stereocenters. The van der Waals surface area contributed by atoms with Crippen LogP contribution < -0.4 is 5.32 Å². The van der Waals surface area contributed by atoms with Gasteiger partial charge >= 0.3 is 5.97 Å². The SMILES string of the molecule is O=C(O)c1cnc(-c2ccccc2)nc1NC1CCCC1. The minimum Gasteiger partial charge on any atom is -0.477 e. The molecule has 3 rings (SSSR count). The van der Waals surface area contributed by atoms with Gasteiger partial charge in [-0.2, -0.15) is 0 Å². The Morgan fingerprint density at radius 3 is 2.57 bits per heavy atom. The number of carboxylic acids is 1. The smallest absolute Gasteiger partial charge is 0.341 e. The number of nitrogens with one attached hydrogen (secondary N) is 1. The van der Waals surface area contributed by atoms with Gasteiger partial charge in [-0.05, 0) is 12.8 Å². The van der Waals surface area contributed by atoms with Crippen molar-refractivity contribution >= 4 is 11.8 Å². The summed E-state index contributed by atoms with van der Waals surface area (Å²) in [5, 5.41) is 12.6. The number of carbonyl (C=O) groups is 1. The van der Waals surface area contributed by atoms with E-state index in [1.807, 2.05) is 30.3 Å². The van der Waals surface area contributed by atoms with E-state index in [2.05, 4.69) is 15.3 Å². The molecule has 0 saturated heterocycles. The molecule has 5 heteroatoms. The van der Waals surface area contributed by atoms with Gasteiger partial charge in [-0.3, -0.25) is 0 Å². The Morgan fingerprint density at radius 2 is 1.90 bits per heavy atom. The molecule has 1 heterocycles. The molecule has 1 aliphatic rings. The maximum absolute atomic E-state index is 11.3. The standard InChI is InChI=1S/C16H17N3O2/c20-16(21)13-10-17-14(11-6-2-1-3-7-11)19-15(13)18-12-8-4-5-9-12/h1-3,6-7,10,12H,4-5,8-9H2,(H,20,21)(H,17,18,19). The van der Waals surface area contributed by atoms with Crippen LogP contribution in [-0.2, 0) is 0 Å². The first kappa shape index (κ1) is 13.5. The van der Waals surface area contributed by atoms with Gasteiger partial charge in [-0.1, -0.05) is 43.2 Å². The summed E-state index contributed by atoms with van der Waals surface area (Å²) in [6.45, 7) is 0. The highest BCUT2D eigenvalue weighted by atomic mass is 16.4. The Balaban J connectivity index is 1.95. The summed E-state index contributed by atoms with van der Waals surface area (Å²) in [5.41, 5.74) is 1.01. The van der Waals surface area contributed by atoms with Crippen LogP contribution in [0.2, 0.25) is 0 Å². The Hall–Kier alpha value is -2.43. The second-order valence-electron chi connectivity index (χ2n) is 5.25. The number of anilines is 1. The van der Waals surface area contributed by atoms with Gasteiger partial charge in [0.1, 0.15) is 11.4 Å². The second-order valence-corrected chi connectivity index (χ2v) is 5.25. The molecule has 0 aliphatic heterocycles. The largest absolute Gasteiger partial charge is 0.477 e. The van der Waals surface area contributed by atoms with Crippen molar-refractivity contribution in [3.8, 4) is 11.4 Å². The minimum atomic E-state index is -1.00. The Bertz CT molecular complexity index is 637. The molecule has 108 valence electrons. The van der Waals surface area contributed by atoms with Crippen molar-refractivity contribution in [1.82, 2.24) is 9.97 Å². The monoisotopic (exact) mass is 283 g/mol. The zero-order valence-electron chi connectivity index (χ0n) is 11.6. The van der Waals surface area contributed by atoms with E-state index < -0.39 is 5.97 Å². The Labute approximate surface area is 123 Å². The third kappa shape index (κ3) is 3.02. The molecule has 1 fully saturated rings. The van der Waals surface area contributed by atoms with Crippen molar-refractivity contribution in [3.05, 3.63) is 42.1 Å². The first-order chi connectivity index (χ1) is 10.2. The van der Waals surface area contributed by atoms with E-state index in [-0.39, 0.29) is 5.56 Å². The predicted octanol–water partition coefficient (Wildman–Crippen LogP) is 3.20. The topological polar surface area (TPSA) is 75.1 Å².